The quantitative estimate of drug-likeness (QED) is 0.384. The Morgan fingerprint density at radius 3 is 3.00 bits per heavy atom. The van der Waals surface area contributed by atoms with E-state index in [4.69, 9.17) is 4.42 Å². The molecule has 0 aliphatic carbocycles. The van der Waals surface area contributed by atoms with E-state index in [1.165, 1.54) is 19.4 Å². The molecule has 14 heavy (non-hydrogen) atoms. The number of hydrogen-bond donors (Lipinski definition) is 0. The number of carbonyl (C=O) groups excluding carboxylic acids is 1. The average Bonchev–Trinajstić information content (AvgIpc) is 2.69. The topological polar surface area (TPSA) is 39.4 Å². The molecular formula is C11H10O3. The summed E-state index contributed by atoms with van der Waals surface area (Å²) in [6.45, 7) is 1.65. The van der Waals surface area contributed by atoms with E-state index in [0.29, 0.717) is 5.57 Å². The van der Waals surface area contributed by atoms with Crippen LogP contribution in [0.2, 0.25) is 0 Å². The van der Waals surface area contributed by atoms with Gasteiger partial charge in [-0.2, -0.15) is 0 Å². The number of rotatable bonds is 1. The van der Waals surface area contributed by atoms with Crippen molar-refractivity contribution < 1.29 is 13.9 Å². The van der Waals surface area contributed by atoms with Gasteiger partial charge < -0.3 is 9.15 Å². The molecule has 0 bridgehead atoms. The van der Waals surface area contributed by atoms with Crippen molar-refractivity contribution in [1.82, 2.24) is 0 Å². The number of ether oxygens (including phenoxy) is 1. The van der Waals surface area contributed by atoms with Crippen LogP contribution in [0.3, 0.4) is 0 Å². The molecule has 0 saturated heterocycles. The Bertz CT molecular complexity index is 388. The summed E-state index contributed by atoms with van der Waals surface area (Å²) in [5.74, 6) is 5.17. The van der Waals surface area contributed by atoms with Crippen molar-refractivity contribution >= 4 is 5.97 Å². The molecule has 1 aromatic rings. The van der Waals surface area contributed by atoms with Gasteiger partial charge in [0.05, 0.1) is 18.9 Å². The fraction of sp³-hybridized carbons (Fsp3) is 0.182. The Morgan fingerprint density at radius 1 is 1.64 bits per heavy atom. The van der Waals surface area contributed by atoms with Crippen molar-refractivity contribution in [2.45, 2.75) is 6.92 Å². The van der Waals surface area contributed by atoms with Gasteiger partial charge in [0.1, 0.15) is 6.26 Å². The van der Waals surface area contributed by atoms with Gasteiger partial charge in [-0.25, -0.2) is 4.79 Å². The van der Waals surface area contributed by atoms with Gasteiger partial charge in [-0.3, -0.25) is 0 Å². The fourth-order valence-corrected chi connectivity index (χ4v) is 0.783. The van der Waals surface area contributed by atoms with Crippen molar-refractivity contribution in [3.8, 4) is 11.8 Å². The molecule has 0 N–H and O–H groups in total. The van der Waals surface area contributed by atoms with Gasteiger partial charge in [0, 0.05) is 5.57 Å². The molecule has 0 aromatic carbocycles. The van der Waals surface area contributed by atoms with Crippen LogP contribution in [0.4, 0.5) is 0 Å². The summed E-state index contributed by atoms with van der Waals surface area (Å²) in [6.07, 6.45) is 4.59. The molecule has 0 aliphatic heterocycles. The highest BCUT2D eigenvalue weighted by molar-refractivity contribution is 5.88. The largest absolute Gasteiger partial charge is 0.471 e. The van der Waals surface area contributed by atoms with E-state index in [-0.39, 0.29) is 5.97 Å². The molecule has 1 heterocycles. The summed E-state index contributed by atoms with van der Waals surface area (Å²) in [7, 11) is 1.34. The lowest BCUT2D eigenvalue weighted by molar-refractivity contribution is -0.136. The molecule has 3 nitrogen and oxygen atoms in total. The number of carbonyl (C=O) groups is 1. The smallest absolute Gasteiger partial charge is 0.334 e. The zero-order valence-electron chi connectivity index (χ0n) is 8.03. The second-order valence-electron chi connectivity index (χ2n) is 2.60. The summed E-state index contributed by atoms with van der Waals surface area (Å²) in [6, 6.07) is 1.74. The SMILES string of the molecule is COC(=O)C(C)=CC#Cc1ccoc1. The van der Waals surface area contributed by atoms with Crippen molar-refractivity contribution in [2.24, 2.45) is 0 Å². The molecule has 0 amide bonds. The maximum Gasteiger partial charge on any atom is 0.334 e. The number of methoxy groups -OCH3 is 1. The van der Waals surface area contributed by atoms with Crippen LogP contribution >= 0.6 is 0 Å². The zero-order chi connectivity index (χ0) is 10.4. The van der Waals surface area contributed by atoms with E-state index in [0.717, 1.165) is 5.56 Å². The Hall–Kier alpha value is -1.95. The number of hydrogen-bond acceptors (Lipinski definition) is 3. The predicted octanol–water partition coefficient (Wildman–Crippen LogP) is 1.75. The first-order valence-corrected chi connectivity index (χ1v) is 4.03. The van der Waals surface area contributed by atoms with Gasteiger partial charge in [0.15, 0.2) is 0 Å². The first kappa shape index (κ1) is 10.1. The molecule has 0 fully saturated rings. The summed E-state index contributed by atoms with van der Waals surface area (Å²) in [5.41, 5.74) is 1.25. The standard InChI is InChI=1S/C11H10O3/c1-9(11(12)13-2)4-3-5-10-6-7-14-8-10/h4,6-8H,1-2H3. The lowest BCUT2D eigenvalue weighted by Gasteiger charge is -1.93. The van der Waals surface area contributed by atoms with E-state index in [1.54, 1.807) is 19.3 Å². The number of allylic oxidation sites excluding steroid dienone is 1. The minimum atomic E-state index is -0.369. The third kappa shape index (κ3) is 2.83. The van der Waals surface area contributed by atoms with Crippen LogP contribution in [-0.4, -0.2) is 13.1 Å². The lowest BCUT2D eigenvalue weighted by atomic mass is 10.2. The molecule has 0 unspecified atom stereocenters. The Morgan fingerprint density at radius 2 is 2.43 bits per heavy atom. The third-order valence-electron chi connectivity index (χ3n) is 1.53. The highest BCUT2D eigenvalue weighted by Crippen LogP contribution is 1.97. The van der Waals surface area contributed by atoms with Crippen molar-refractivity contribution in [3.05, 3.63) is 35.8 Å². The Labute approximate surface area is 82.4 Å². The monoisotopic (exact) mass is 190 g/mol. The third-order valence-corrected chi connectivity index (χ3v) is 1.53. The minimum absolute atomic E-state index is 0.369. The molecule has 0 spiro atoms. The van der Waals surface area contributed by atoms with E-state index in [9.17, 15) is 4.79 Å². The van der Waals surface area contributed by atoms with Gasteiger partial charge in [0.25, 0.3) is 0 Å². The van der Waals surface area contributed by atoms with Gasteiger partial charge in [-0.05, 0) is 19.1 Å². The highest BCUT2D eigenvalue weighted by Gasteiger charge is 1.99. The molecule has 3 heteroatoms. The van der Waals surface area contributed by atoms with Crippen molar-refractivity contribution in [1.29, 1.82) is 0 Å². The average molecular weight is 190 g/mol. The molecule has 0 aliphatic rings. The van der Waals surface area contributed by atoms with Crippen LogP contribution in [0.15, 0.2) is 34.7 Å². The molecule has 72 valence electrons. The summed E-state index contributed by atoms with van der Waals surface area (Å²) < 4.78 is 9.33. The molecule has 1 aromatic heterocycles. The van der Waals surface area contributed by atoms with Gasteiger partial charge in [-0.15, -0.1) is 0 Å². The molecule has 0 saturated carbocycles. The number of furan rings is 1. The second kappa shape index (κ2) is 4.93. The molecule has 0 radical (unpaired) electrons. The second-order valence-corrected chi connectivity index (χ2v) is 2.60. The highest BCUT2D eigenvalue weighted by atomic mass is 16.5. The van der Waals surface area contributed by atoms with E-state index >= 15 is 0 Å². The van der Waals surface area contributed by atoms with Gasteiger partial charge in [-0.1, -0.05) is 11.8 Å². The van der Waals surface area contributed by atoms with Gasteiger partial charge in [0.2, 0.25) is 0 Å². The summed E-state index contributed by atoms with van der Waals surface area (Å²) >= 11 is 0. The van der Waals surface area contributed by atoms with Crippen LogP contribution in [0, 0.1) is 11.8 Å². The summed E-state index contributed by atoms with van der Waals surface area (Å²) in [4.78, 5) is 10.9. The fourth-order valence-electron chi connectivity index (χ4n) is 0.783. The Balaban J connectivity index is 2.66. The van der Waals surface area contributed by atoms with E-state index in [2.05, 4.69) is 16.6 Å². The normalized spacial score (nSPS) is 10.3. The van der Waals surface area contributed by atoms with Crippen molar-refractivity contribution in [3.63, 3.8) is 0 Å². The minimum Gasteiger partial charge on any atom is -0.471 e. The molecule has 0 atom stereocenters. The van der Waals surface area contributed by atoms with Crippen molar-refractivity contribution in [2.75, 3.05) is 7.11 Å². The lowest BCUT2D eigenvalue weighted by Crippen LogP contribution is -2.00. The first-order chi connectivity index (χ1) is 6.74. The van der Waals surface area contributed by atoms with E-state index < -0.39 is 0 Å². The van der Waals surface area contributed by atoms with Crippen LogP contribution in [0.1, 0.15) is 12.5 Å². The molecular weight excluding hydrogens is 180 g/mol. The maximum absolute atomic E-state index is 10.9. The predicted molar refractivity (Wildman–Crippen MR) is 51.4 cm³/mol. The first-order valence-electron chi connectivity index (χ1n) is 4.03. The van der Waals surface area contributed by atoms with Crippen LogP contribution in [0.5, 0.6) is 0 Å². The van der Waals surface area contributed by atoms with Crippen LogP contribution in [-0.2, 0) is 9.53 Å². The van der Waals surface area contributed by atoms with Crippen LogP contribution < -0.4 is 0 Å². The zero-order valence-corrected chi connectivity index (χ0v) is 8.03. The van der Waals surface area contributed by atoms with E-state index in [1.807, 2.05) is 0 Å². The Kier molecular flexibility index (Phi) is 3.57. The van der Waals surface area contributed by atoms with Gasteiger partial charge >= 0.3 is 5.97 Å². The summed E-state index contributed by atoms with van der Waals surface area (Å²) in [5, 5.41) is 0. The number of esters is 1. The maximum atomic E-state index is 10.9. The van der Waals surface area contributed by atoms with Crippen LogP contribution in [0.25, 0.3) is 0 Å². The molecule has 1 rings (SSSR count).